The Labute approximate surface area is 507 Å². The van der Waals surface area contributed by atoms with Gasteiger partial charge in [-0.2, -0.15) is 0 Å². The molecule has 33 heteroatoms. The van der Waals surface area contributed by atoms with E-state index >= 15 is 0 Å². The van der Waals surface area contributed by atoms with Gasteiger partial charge in [0.2, 0.25) is 29.5 Å². The van der Waals surface area contributed by atoms with Gasteiger partial charge in [-0.05, 0) is 46.0 Å². The van der Waals surface area contributed by atoms with Crippen molar-refractivity contribution in [2.45, 2.75) is 184 Å². The Morgan fingerprint density at radius 2 is 0.770 bits per heavy atom. The molecule has 3 aliphatic heterocycles. The molecule has 7 unspecified atom stereocenters. The first-order valence-corrected chi connectivity index (χ1v) is 31.4. The van der Waals surface area contributed by atoms with Crippen molar-refractivity contribution < 1.29 is 131 Å². The summed E-state index contributed by atoms with van der Waals surface area (Å²) < 4.78 is 73.6. The van der Waals surface area contributed by atoms with Crippen LogP contribution in [-0.2, 0) is 80.2 Å². The number of nitrogens with one attached hydrogen (secondary N) is 5. The van der Waals surface area contributed by atoms with Crippen LogP contribution in [0.25, 0.3) is 0 Å². The van der Waals surface area contributed by atoms with Gasteiger partial charge in [0.1, 0.15) is 42.2 Å². The summed E-state index contributed by atoms with van der Waals surface area (Å²) in [5.74, 6) is -3.95. The van der Waals surface area contributed by atoms with E-state index in [-0.39, 0.29) is 137 Å². The lowest BCUT2D eigenvalue weighted by molar-refractivity contribution is -0.282. The first kappa shape index (κ1) is 78.0. The average Bonchev–Trinajstić information content (AvgIpc) is 2.91. The van der Waals surface area contributed by atoms with Crippen molar-refractivity contribution in [1.29, 1.82) is 0 Å². The smallest absolute Gasteiger partial charge is 0.394 e. The molecule has 3 heterocycles. The van der Waals surface area contributed by atoms with Gasteiger partial charge < -0.3 is 120 Å². The van der Waals surface area contributed by atoms with E-state index in [9.17, 15) is 79.4 Å². The monoisotopic (exact) mass is 1280 g/mol. The maximum Gasteiger partial charge on any atom is 0.472 e. The van der Waals surface area contributed by atoms with E-state index in [0.717, 1.165) is 0 Å². The van der Waals surface area contributed by atoms with E-state index in [1.54, 1.807) is 34.6 Å². The van der Waals surface area contributed by atoms with Crippen LogP contribution in [0.15, 0.2) is 0 Å². The summed E-state index contributed by atoms with van der Waals surface area (Å²) in [6.45, 7) is 5.85. The number of phosphoric ester groups is 1. The van der Waals surface area contributed by atoms with Crippen LogP contribution in [0, 0.1) is 17.8 Å². The summed E-state index contributed by atoms with van der Waals surface area (Å²) >= 11 is 0. The molecule has 0 saturated carbocycles. The van der Waals surface area contributed by atoms with Crippen LogP contribution in [0.4, 0.5) is 0 Å². The highest BCUT2D eigenvalue weighted by molar-refractivity contribution is 7.47. The number of phosphoric acid groups is 1. The molecule has 5 amide bonds. The molecule has 0 aromatic carbocycles. The number of rotatable bonds is 45. The number of carbonyl (C=O) groups is 5. The largest absolute Gasteiger partial charge is 0.472 e. The Hall–Kier alpha value is -3.26. The van der Waals surface area contributed by atoms with Crippen molar-refractivity contribution in [3.05, 3.63) is 0 Å². The van der Waals surface area contributed by atoms with Gasteiger partial charge in [0.05, 0.1) is 110 Å². The highest BCUT2D eigenvalue weighted by atomic mass is 31.2. The van der Waals surface area contributed by atoms with Gasteiger partial charge in [-0.25, -0.2) is 4.57 Å². The van der Waals surface area contributed by atoms with Crippen molar-refractivity contribution in [3.63, 3.8) is 0 Å². The van der Waals surface area contributed by atoms with Gasteiger partial charge >= 0.3 is 7.82 Å². The number of aliphatic hydroxyl groups excluding tert-OH is 9. The molecule has 508 valence electrons. The zero-order chi connectivity index (χ0) is 64.5. The van der Waals surface area contributed by atoms with Gasteiger partial charge in [0.25, 0.3) is 0 Å². The quantitative estimate of drug-likeness (QED) is 0.0205. The molecule has 3 aliphatic rings. The lowest BCUT2D eigenvalue weighted by atomic mass is 9.92. The second kappa shape index (κ2) is 42.0. The van der Waals surface area contributed by atoms with E-state index in [2.05, 4.69) is 26.6 Å². The van der Waals surface area contributed by atoms with Crippen LogP contribution in [-0.4, -0.2) is 278 Å². The lowest BCUT2D eigenvalue weighted by Crippen LogP contribution is -2.58. The Morgan fingerprint density at radius 1 is 0.460 bits per heavy atom. The average molecular weight is 1280 g/mol. The number of aliphatic hydroxyl groups is 9. The third-order valence-electron chi connectivity index (χ3n) is 14.3. The SMILES string of the molecule is CC(C)OP(=O)(O)OCCCNC(=O)CCCC(=O)NC(COCCC(=O)NCCCO[C@@H]1OC(CO)[C@H](O)[C@H](O)C1C)(COCCC(=O)NCCCO[C@@H]1OC(CO)[C@H](O)[C@H](O)C1C)COCCC(=O)NCCCO[C@@H]1OC(CO)[C@H](O)[C@H](O)C1C. The van der Waals surface area contributed by atoms with Crippen LogP contribution >= 0.6 is 7.82 Å². The predicted molar refractivity (Wildman–Crippen MR) is 302 cm³/mol. The van der Waals surface area contributed by atoms with E-state index in [0.29, 0.717) is 19.3 Å². The third-order valence-corrected chi connectivity index (χ3v) is 15.5. The fourth-order valence-electron chi connectivity index (χ4n) is 9.16. The maximum absolute atomic E-state index is 13.8. The van der Waals surface area contributed by atoms with E-state index in [1.807, 2.05) is 0 Å². The third kappa shape index (κ3) is 29.3. The van der Waals surface area contributed by atoms with Crippen molar-refractivity contribution in [2.75, 3.05) is 112 Å². The molecule has 3 fully saturated rings. The van der Waals surface area contributed by atoms with Crippen molar-refractivity contribution in [2.24, 2.45) is 17.8 Å². The molecule has 0 bridgehead atoms. The molecule has 3 saturated heterocycles. The van der Waals surface area contributed by atoms with Crippen LogP contribution in [0.1, 0.15) is 98.8 Å². The number of amides is 5. The van der Waals surface area contributed by atoms with E-state index in [4.69, 9.17) is 51.7 Å². The standard InChI is InChI=1S/C54H100N5O27P/c1-33(2)86-87(74,75)82-23-10-19-55-40(63)11-6-12-44(67)59-54(30-76-24-13-41(64)56-16-7-20-79-51-34(3)45(68)48(71)37(27-60)83-51,31-77-25-14-42(65)57-17-8-21-80-52-35(4)46(69)49(72)38(28-61)84-52)32-78-26-15-43(66)58-18-9-22-81-53-36(5)47(70)50(73)39(29-62)85-53/h33-39,45-53,60-62,68-73H,6-32H2,1-5H3,(H,55,63)(H,56,64)(H,57,65)(H,58,66)(H,59,67)(H,74,75)/t34?,35?,36?,37?,38?,39?,45-,46-,47-,48+,49+,50+,51-,52-,53-,54?/m1/s1. The van der Waals surface area contributed by atoms with Crippen molar-refractivity contribution in [1.82, 2.24) is 26.6 Å². The van der Waals surface area contributed by atoms with Crippen LogP contribution in [0.5, 0.6) is 0 Å². The number of carbonyl (C=O) groups excluding carboxylic acids is 5. The van der Waals surface area contributed by atoms with E-state index in [1.165, 1.54) is 0 Å². The summed E-state index contributed by atoms with van der Waals surface area (Å²) in [5.41, 5.74) is -1.51. The summed E-state index contributed by atoms with van der Waals surface area (Å²) in [6, 6.07) is 0. The van der Waals surface area contributed by atoms with Crippen LogP contribution < -0.4 is 26.6 Å². The Kier molecular flexibility index (Phi) is 37.6. The fourth-order valence-corrected chi connectivity index (χ4v) is 10.1. The van der Waals surface area contributed by atoms with Gasteiger partial charge in [-0.15, -0.1) is 0 Å². The normalized spacial score (nSPS) is 28.9. The molecule has 15 N–H and O–H groups in total. The van der Waals surface area contributed by atoms with Gasteiger partial charge in [-0.1, -0.05) is 20.8 Å². The molecule has 0 aromatic heterocycles. The first-order valence-electron chi connectivity index (χ1n) is 29.9. The summed E-state index contributed by atoms with van der Waals surface area (Å²) in [5, 5.41) is 104. The molecule has 3 rings (SSSR count). The molecule has 0 spiro atoms. The van der Waals surface area contributed by atoms with Crippen LogP contribution in [0.3, 0.4) is 0 Å². The molecule has 0 aromatic rings. The van der Waals surface area contributed by atoms with Crippen LogP contribution in [0.2, 0.25) is 0 Å². The minimum absolute atomic E-state index is 0.0748. The molecule has 0 radical (unpaired) electrons. The minimum Gasteiger partial charge on any atom is -0.394 e. The summed E-state index contributed by atoms with van der Waals surface area (Å²) in [7, 11) is -4.26. The van der Waals surface area contributed by atoms with Gasteiger partial charge in [0, 0.05) is 76.0 Å². The Morgan fingerprint density at radius 3 is 1.09 bits per heavy atom. The maximum atomic E-state index is 13.8. The lowest BCUT2D eigenvalue weighted by Gasteiger charge is -2.40. The molecule has 0 aliphatic carbocycles. The molecule has 32 nitrogen and oxygen atoms in total. The highest BCUT2D eigenvalue weighted by Gasteiger charge is 2.45. The zero-order valence-electron chi connectivity index (χ0n) is 50.7. The zero-order valence-corrected chi connectivity index (χ0v) is 51.6. The van der Waals surface area contributed by atoms with Crippen molar-refractivity contribution >= 4 is 37.4 Å². The molecule has 16 atom stereocenters. The topological polar surface area (TPSA) is 466 Å². The molecular weight excluding hydrogens is 1180 g/mol. The second-order valence-corrected chi connectivity index (χ2v) is 23.6. The number of hydrogen-bond donors (Lipinski definition) is 15. The van der Waals surface area contributed by atoms with Crippen molar-refractivity contribution in [3.8, 4) is 0 Å². The molecule has 87 heavy (non-hydrogen) atoms. The van der Waals surface area contributed by atoms with E-state index < -0.39 is 160 Å². The first-order chi connectivity index (χ1) is 41.4. The second-order valence-electron chi connectivity index (χ2n) is 22.2. The highest BCUT2D eigenvalue weighted by Crippen LogP contribution is 2.44. The number of ether oxygens (including phenoxy) is 9. The predicted octanol–water partition coefficient (Wildman–Crippen LogP) is -3.93. The fraction of sp³-hybridized carbons (Fsp3) is 0.907. The summed E-state index contributed by atoms with van der Waals surface area (Å²) in [6.07, 6.45) is -13.1. The Balaban J connectivity index is 1.62. The molecular formula is C54H100N5O27P. The van der Waals surface area contributed by atoms with Gasteiger partial charge in [0.15, 0.2) is 18.9 Å². The van der Waals surface area contributed by atoms with Gasteiger partial charge in [-0.3, -0.25) is 33.0 Å². The Bertz CT molecular complexity index is 1860. The summed E-state index contributed by atoms with van der Waals surface area (Å²) in [4.78, 5) is 74.9. The minimum atomic E-state index is -4.26. The number of hydrogen-bond acceptors (Lipinski definition) is 26.